The van der Waals surface area contributed by atoms with Crippen molar-refractivity contribution < 1.29 is 9.53 Å². The van der Waals surface area contributed by atoms with Crippen LogP contribution in [0, 0.1) is 6.92 Å². The molecule has 29 heavy (non-hydrogen) atoms. The third kappa shape index (κ3) is 4.88. The number of anilines is 1. The fourth-order valence-corrected chi connectivity index (χ4v) is 4.04. The number of methoxy groups -OCH3 is 1. The molecule has 0 aliphatic rings. The largest absolute Gasteiger partial charge is 0.494 e. The van der Waals surface area contributed by atoms with E-state index in [0.29, 0.717) is 23.1 Å². The minimum Gasteiger partial charge on any atom is -0.494 e. The van der Waals surface area contributed by atoms with Crippen LogP contribution in [-0.4, -0.2) is 59.9 Å². The van der Waals surface area contributed by atoms with Gasteiger partial charge < -0.3 is 9.64 Å². The van der Waals surface area contributed by atoms with E-state index in [1.54, 1.807) is 12.0 Å². The van der Waals surface area contributed by atoms with Crippen molar-refractivity contribution in [1.82, 2.24) is 19.7 Å². The molecule has 0 atom stereocenters. The number of thiazole rings is 1. The summed E-state index contributed by atoms with van der Waals surface area (Å²) in [5.41, 5.74) is 2.18. The van der Waals surface area contributed by atoms with Crippen molar-refractivity contribution in [3.05, 3.63) is 35.7 Å². The van der Waals surface area contributed by atoms with Crippen molar-refractivity contribution in [3.63, 3.8) is 0 Å². The molecular formula is C20H28ClN5O2S. The van der Waals surface area contributed by atoms with Crippen LogP contribution in [0.5, 0.6) is 5.75 Å². The number of carbonyl (C=O) groups excluding carboxylic acids is 1. The van der Waals surface area contributed by atoms with E-state index >= 15 is 0 Å². The van der Waals surface area contributed by atoms with E-state index < -0.39 is 0 Å². The second-order valence-corrected chi connectivity index (χ2v) is 8.28. The molecule has 0 N–H and O–H groups in total. The lowest BCUT2D eigenvalue weighted by Crippen LogP contribution is -2.37. The van der Waals surface area contributed by atoms with Crippen LogP contribution in [0.3, 0.4) is 0 Å². The predicted molar refractivity (Wildman–Crippen MR) is 121 cm³/mol. The summed E-state index contributed by atoms with van der Waals surface area (Å²) in [4.78, 5) is 21.8. The van der Waals surface area contributed by atoms with Crippen LogP contribution in [0.25, 0.3) is 10.2 Å². The number of aryl methyl sites for hydroxylation is 1. The predicted octanol–water partition coefficient (Wildman–Crippen LogP) is 4.02. The Morgan fingerprint density at radius 3 is 2.59 bits per heavy atom. The van der Waals surface area contributed by atoms with Crippen LogP contribution >= 0.6 is 23.7 Å². The Hall–Kier alpha value is -2.16. The van der Waals surface area contributed by atoms with Crippen LogP contribution in [0.1, 0.15) is 36.1 Å². The average Bonchev–Trinajstić information content (AvgIpc) is 3.24. The van der Waals surface area contributed by atoms with Crippen molar-refractivity contribution in [2.45, 2.75) is 26.8 Å². The molecule has 2 heterocycles. The van der Waals surface area contributed by atoms with Gasteiger partial charge in [0.05, 0.1) is 11.8 Å². The summed E-state index contributed by atoms with van der Waals surface area (Å²) in [6, 6.07) is 7.85. The van der Waals surface area contributed by atoms with Crippen LogP contribution < -0.4 is 9.64 Å². The monoisotopic (exact) mass is 437 g/mol. The third-order valence-electron chi connectivity index (χ3n) is 4.47. The summed E-state index contributed by atoms with van der Waals surface area (Å²) >= 11 is 1.49. The van der Waals surface area contributed by atoms with E-state index in [4.69, 9.17) is 9.72 Å². The van der Waals surface area contributed by atoms with Crippen molar-refractivity contribution in [2.24, 2.45) is 0 Å². The zero-order valence-electron chi connectivity index (χ0n) is 17.7. The van der Waals surface area contributed by atoms with Crippen molar-refractivity contribution in [1.29, 1.82) is 0 Å². The molecule has 0 saturated heterocycles. The smallest absolute Gasteiger partial charge is 0.280 e. The highest BCUT2D eigenvalue weighted by molar-refractivity contribution is 7.22. The number of rotatable bonds is 7. The molecule has 1 amide bonds. The van der Waals surface area contributed by atoms with Crippen LogP contribution in [0.4, 0.5) is 5.13 Å². The van der Waals surface area contributed by atoms with E-state index in [1.807, 2.05) is 54.9 Å². The summed E-state index contributed by atoms with van der Waals surface area (Å²) in [6.45, 7) is 7.33. The summed E-state index contributed by atoms with van der Waals surface area (Å²) in [5.74, 6) is 0.572. The second kappa shape index (κ2) is 9.56. The number of nitrogens with zero attached hydrogens (tertiary/aromatic N) is 5. The molecule has 0 radical (unpaired) electrons. The average molecular weight is 438 g/mol. The SMILES string of the molecule is COc1cccc2sc(N(CCN(C)C)C(=O)c3cc(C)n(C(C)C)n3)nc12.Cl. The lowest BCUT2D eigenvalue weighted by Gasteiger charge is -2.21. The van der Waals surface area contributed by atoms with Crippen LogP contribution in [0.15, 0.2) is 24.3 Å². The first kappa shape index (κ1) is 23.1. The summed E-state index contributed by atoms with van der Waals surface area (Å²) in [5, 5.41) is 5.19. The first-order chi connectivity index (χ1) is 13.3. The number of ether oxygens (including phenoxy) is 1. The molecule has 0 unspecified atom stereocenters. The van der Waals surface area contributed by atoms with Gasteiger partial charge in [-0.1, -0.05) is 17.4 Å². The number of hydrogen-bond acceptors (Lipinski definition) is 6. The fourth-order valence-electron chi connectivity index (χ4n) is 3.03. The molecule has 0 aliphatic heterocycles. The van der Waals surface area contributed by atoms with Gasteiger partial charge in [0.15, 0.2) is 10.8 Å². The summed E-state index contributed by atoms with van der Waals surface area (Å²) in [6.07, 6.45) is 0. The summed E-state index contributed by atoms with van der Waals surface area (Å²) in [7, 11) is 5.60. The molecule has 0 aliphatic carbocycles. The Labute approximate surface area is 181 Å². The fraction of sp³-hybridized carbons (Fsp3) is 0.450. The van der Waals surface area contributed by atoms with Crippen molar-refractivity contribution >= 4 is 45.0 Å². The lowest BCUT2D eigenvalue weighted by molar-refractivity contribution is 0.0979. The number of amides is 1. The molecule has 2 aromatic heterocycles. The van der Waals surface area contributed by atoms with Gasteiger partial charge in [0, 0.05) is 24.8 Å². The topological polar surface area (TPSA) is 63.5 Å². The van der Waals surface area contributed by atoms with Crippen molar-refractivity contribution in [2.75, 3.05) is 39.2 Å². The first-order valence-electron chi connectivity index (χ1n) is 9.28. The van der Waals surface area contributed by atoms with Gasteiger partial charge >= 0.3 is 0 Å². The third-order valence-corrected chi connectivity index (χ3v) is 5.51. The lowest BCUT2D eigenvalue weighted by atomic mass is 10.3. The van der Waals surface area contributed by atoms with Gasteiger partial charge in [0.2, 0.25) is 0 Å². The van der Waals surface area contributed by atoms with E-state index in [9.17, 15) is 4.79 Å². The van der Waals surface area contributed by atoms with Gasteiger partial charge in [-0.05, 0) is 53.1 Å². The first-order valence-corrected chi connectivity index (χ1v) is 10.1. The highest BCUT2D eigenvalue weighted by atomic mass is 35.5. The molecule has 0 fully saturated rings. The van der Waals surface area contributed by atoms with Crippen LogP contribution in [0.2, 0.25) is 0 Å². The maximum atomic E-state index is 13.3. The number of aromatic nitrogens is 3. The number of fused-ring (bicyclic) bond motifs is 1. The number of para-hydroxylation sites is 1. The number of hydrogen-bond donors (Lipinski definition) is 0. The highest BCUT2D eigenvalue weighted by Crippen LogP contribution is 2.34. The molecule has 3 aromatic rings. The molecular weight excluding hydrogens is 410 g/mol. The van der Waals surface area contributed by atoms with Gasteiger partial charge in [0.25, 0.3) is 5.91 Å². The Bertz CT molecular complexity index is 983. The molecule has 1 aromatic carbocycles. The van der Waals surface area contributed by atoms with E-state index in [-0.39, 0.29) is 24.4 Å². The number of likely N-dealkylation sites (N-methyl/N-ethyl adjacent to an activating group) is 1. The molecule has 158 valence electrons. The highest BCUT2D eigenvalue weighted by Gasteiger charge is 2.25. The molecule has 0 saturated carbocycles. The Balaban J connectivity index is 0.00000300. The normalized spacial score (nSPS) is 11.2. The summed E-state index contributed by atoms with van der Waals surface area (Å²) < 4.78 is 8.29. The Morgan fingerprint density at radius 2 is 2.00 bits per heavy atom. The molecule has 3 rings (SSSR count). The molecule has 7 nitrogen and oxygen atoms in total. The molecule has 9 heteroatoms. The quantitative estimate of drug-likeness (QED) is 0.558. The van der Waals surface area contributed by atoms with Gasteiger partial charge in [-0.25, -0.2) is 4.98 Å². The maximum absolute atomic E-state index is 13.3. The molecule has 0 spiro atoms. The van der Waals surface area contributed by atoms with E-state index in [2.05, 4.69) is 18.9 Å². The zero-order valence-corrected chi connectivity index (χ0v) is 19.3. The Morgan fingerprint density at radius 1 is 1.28 bits per heavy atom. The minimum atomic E-state index is -0.137. The van der Waals surface area contributed by atoms with Gasteiger partial charge in [0.1, 0.15) is 11.3 Å². The maximum Gasteiger partial charge on any atom is 0.280 e. The second-order valence-electron chi connectivity index (χ2n) is 7.27. The van der Waals surface area contributed by atoms with Crippen molar-refractivity contribution in [3.8, 4) is 5.75 Å². The standard InChI is InChI=1S/C20H27N5O2S.ClH/c1-13(2)25-14(3)12-15(22-25)19(26)24(11-10-23(4)5)20-21-18-16(27-6)8-7-9-17(18)28-20;/h7-9,12-13H,10-11H2,1-6H3;1H. The number of halogens is 1. The minimum absolute atomic E-state index is 0. The van der Waals surface area contributed by atoms with E-state index in [1.165, 1.54) is 11.3 Å². The van der Waals surface area contributed by atoms with Gasteiger partial charge in [-0.2, -0.15) is 5.10 Å². The van der Waals surface area contributed by atoms with Gasteiger partial charge in [-0.15, -0.1) is 12.4 Å². The van der Waals surface area contributed by atoms with Gasteiger partial charge in [-0.3, -0.25) is 14.4 Å². The number of carbonyl (C=O) groups is 1. The Kier molecular flexibility index (Phi) is 7.62. The molecule has 0 bridgehead atoms. The zero-order chi connectivity index (χ0) is 20.4. The number of benzene rings is 1. The van der Waals surface area contributed by atoms with Crippen LogP contribution in [-0.2, 0) is 0 Å². The van der Waals surface area contributed by atoms with E-state index in [0.717, 1.165) is 22.5 Å².